The standard InChI is InChI=1S/C15H29N3S/c1-5-6-12-9-13(12)17-15(16-4)18-7-8-19-14(10-18)11(2)3/h11-14H,5-10H2,1-4H3,(H,16,17). The molecule has 2 fully saturated rings. The summed E-state index contributed by atoms with van der Waals surface area (Å²) in [6, 6.07) is 0.686. The van der Waals surface area contributed by atoms with Crippen molar-refractivity contribution in [2.75, 3.05) is 25.9 Å². The summed E-state index contributed by atoms with van der Waals surface area (Å²) in [5.41, 5.74) is 0. The van der Waals surface area contributed by atoms with E-state index in [1.165, 1.54) is 25.0 Å². The molecule has 19 heavy (non-hydrogen) atoms. The zero-order chi connectivity index (χ0) is 13.8. The predicted octanol–water partition coefficient (Wildman–Crippen LogP) is 2.82. The molecule has 0 radical (unpaired) electrons. The summed E-state index contributed by atoms with van der Waals surface area (Å²) in [7, 11) is 1.92. The maximum absolute atomic E-state index is 4.50. The Bertz CT molecular complexity index is 317. The lowest BCUT2D eigenvalue weighted by molar-refractivity contribution is 0.379. The summed E-state index contributed by atoms with van der Waals surface area (Å²) in [4.78, 5) is 6.96. The molecule has 0 spiro atoms. The van der Waals surface area contributed by atoms with Gasteiger partial charge in [0.25, 0.3) is 0 Å². The molecule has 3 nitrogen and oxygen atoms in total. The Balaban J connectivity index is 1.84. The van der Waals surface area contributed by atoms with Gasteiger partial charge in [0, 0.05) is 37.2 Å². The molecule has 3 atom stereocenters. The Labute approximate surface area is 122 Å². The highest BCUT2D eigenvalue weighted by molar-refractivity contribution is 8.00. The van der Waals surface area contributed by atoms with Crippen LogP contribution in [0.5, 0.6) is 0 Å². The average Bonchev–Trinajstić information content (AvgIpc) is 3.14. The minimum Gasteiger partial charge on any atom is -0.353 e. The van der Waals surface area contributed by atoms with Gasteiger partial charge in [-0.15, -0.1) is 0 Å². The first-order chi connectivity index (χ1) is 9.15. The zero-order valence-electron chi connectivity index (χ0n) is 12.9. The zero-order valence-corrected chi connectivity index (χ0v) is 13.7. The molecule has 110 valence electrons. The number of rotatable bonds is 4. The molecule has 1 aliphatic heterocycles. The summed E-state index contributed by atoms with van der Waals surface area (Å²) in [6.45, 7) is 9.22. The maximum Gasteiger partial charge on any atom is 0.193 e. The molecule has 3 unspecified atom stereocenters. The van der Waals surface area contributed by atoms with E-state index >= 15 is 0 Å². The quantitative estimate of drug-likeness (QED) is 0.635. The van der Waals surface area contributed by atoms with Crippen LogP contribution in [0.2, 0.25) is 0 Å². The third-order valence-corrected chi connectivity index (χ3v) is 5.78. The number of nitrogens with zero attached hydrogens (tertiary/aromatic N) is 2. The van der Waals surface area contributed by atoms with Crippen molar-refractivity contribution in [3.05, 3.63) is 0 Å². The lowest BCUT2D eigenvalue weighted by Gasteiger charge is -2.36. The molecule has 2 aliphatic rings. The summed E-state index contributed by atoms with van der Waals surface area (Å²) in [5.74, 6) is 4.00. The van der Waals surface area contributed by atoms with Gasteiger partial charge >= 0.3 is 0 Å². The lowest BCUT2D eigenvalue weighted by Crippen LogP contribution is -2.49. The second-order valence-electron chi connectivity index (χ2n) is 6.18. The van der Waals surface area contributed by atoms with Gasteiger partial charge in [0.15, 0.2) is 5.96 Å². The van der Waals surface area contributed by atoms with E-state index in [2.05, 4.69) is 47.7 Å². The van der Waals surface area contributed by atoms with Crippen LogP contribution in [0.4, 0.5) is 0 Å². The van der Waals surface area contributed by atoms with Crippen molar-refractivity contribution in [3.63, 3.8) is 0 Å². The number of hydrogen-bond acceptors (Lipinski definition) is 2. The van der Waals surface area contributed by atoms with Crippen molar-refractivity contribution in [3.8, 4) is 0 Å². The van der Waals surface area contributed by atoms with Crippen LogP contribution in [0.25, 0.3) is 0 Å². The molecule has 0 amide bonds. The molecule has 1 heterocycles. The molecule has 0 aromatic rings. The van der Waals surface area contributed by atoms with Gasteiger partial charge in [-0.1, -0.05) is 27.2 Å². The van der Waals surface area contributed by atoms with Gasteiger partial charge in [-0.2, -0.15) is 11.8 Å². The Kier molecular flexibility index (Phi) is 5.43. The van der Waals surface area contributed by atoms with Gasteiger partial charge in [-0.25, -0.2) is 0 Å². The van der Waals surface area contributed by atoms with Crippen molar-refractivity contribution in [1.82, 2.24) is 10.2 Å². The van der Waals surface area contributed by atoms with Crippen LogP contribution in [0.1, 0.15) is 40.0 Å². The van der Waals surface area contributed by atoms with Crippen molar-refractivity contribution in [1.29, 1.82) is 0 Å². The third kappa shape index (κ3) is 4.04. The fourth-order valence-electron chi connectivity index (χ4n) is 2.85. The van der Waals surface area contributed by atoms with Gasteiger partial charge in [-0.3, -0.25) is 4.99 Å². The number of nitrogens with one attached hydrogen (secondary N) is 1. The molecule has 0 bridgehead atoms. The minimum absolute atomic E-state index is 0.686. The van der Waals surface area contributed by atoms with Gasteiger partial charge in [0.2, 0.25) is 0 Å². The first-order valence-corrected chi connectivity index (χ1v) is 8.80. The number of thioether (sulfide) groups is 1. The summed E-state index contributed by atoms with van der Waals surface area (Å²) in [6.07, 6.45) is 4.00. The van der Waals surface area contributed by atoms with E-state index in [0.29, 0.717) is 6.04 Å². The number of aliphatic imine (C=N–C) groups is 1. The van der Waals surface area contributed by atoms with E-state index in [1.807, 2.05) is 7.05 Å². The molecule has 4 heteroatoms. The lowest BCUT2D eigenvalue weighted by atomic mass is 10.1. The first kappa shape index (κ1) is 15.0. The van der Waals surface area contributed by atoms with E-state index in [0.717, 1.165) is 36.1 Å². The van der Waals surface area contributed by atoms with E-state index in [-0.39, 0.29) is 0 Å². The van der Waals surface area contributed by atoms with Crippen molar-refractivity contribution < 1.29 is 0 Å². The monoisotopic (exact) mass is 283 g/mol. The van der Waals surface area contributed by atoms with E-state index in [1.54, 1.807) is 0 Å². The van der Waals surface area contributed by atoms with Crippen LogP contribution < -0.4 is 5.32 Å². The molecular weight excluding hydrogens is 254 g/mol. The topological polar surface area (TPSA) is 27.6 Å². The SMILES string of the molecule is CCCC1CC1NC(=NC)N1CCSC(C(C)C)C1. The smallest absolute Gasteiger partial charge is 0.193 e. The van der Waals surface area contributed by atoms with Gasteiger partial charge in [-0.05, 0) is 24.7 Å². The number of guanidine groups is 1. The Morgan fingerprint density at radius 3 is 2.89 bits per heavy atom. The minimum atomic E-state index is 0.686. The third-order valence-electron chi connectivity index (χ3n) is 4.24. The highest BCUT2D eigenvalue weighted by Gasteiger charge is 2.37. The van der Waals surface area contributed by atoms with Gasteiger partial charge in [0.1, 0.15) is 0 Å². The molecular formula is C15H29N3S. The fourth-order valence-corrected chi connectivity index (χ4v) is 4.15. The summed E-state index contributed by atoms with van der Waals surface area (Å²) >= 11 is 2.12. The van der Waals surface area contributed by atoms with Crippen molar-refractivity contribution in [2.24, 2.45) is 16.8 Å². The van der Waals surface area contributed by atoms with Crippen molar-refractivity contribution >= 4 is 17.7 Å². The van der Waals surface area contributed by atoms with Crippen LogP contribution in [0.3, 0.4) is 0 Å². The summed E-state index contributed by atoms with van der Waals surface area (Å²) in [5, 5.41) is 4.42. The molecule has 1 aliphatic carbocycles. The molecule has 2 rings (SSSR count). The van der Waals surface area contributed by atoms with Crippen LogP contribution in [-0.2, 0) is 0 Å². The van der Waals surface area contributed by atoms with Crippen molar-refractivity contribution in [2.45, 2.75) is 51.3 Å². The Morgan fingerprint density at radius 2 is 2.26 bits per heavy atom. The van der Waals surface area contributed by atoms with Gasteiger partial charge in [0.05, 0.1) is 0 Å². The predicted molar refractivity (Wildman–Crippen MR) is 86.0 cm³/mol. The highest BCUT2D eigenvalue weighted by atomic mass is 32.2. The molecule has 1 N–H and O–H groups in total. The fraction of sp³-hybridized carbons (Fsp3) is 0.933. The second-order valence-corrected chi connectivity index (χ2v) is 7.53. The van der Waals surface area contributed by atoms with Gasteiger partial charge < -0.3 is 10.2 Å². The molecule has 1 saturated carbocycles. The molecule has 0 aromatic heterocycles. The molecule has 0 aromatic carbocycles. The Morgan fingerprint density at radius 1 is 1.47 bits per heavy atom. The van der Waals surface area contributed by atoms with E-state index in [9.17, 15) is 0 Å². The normalized spacial score (nSPS) is 31.7. The second kappa shape index (κ2) is 6.87. The summed E-state index contributed by atoms with van der Waals surface area (Å²) < 4.78 is 0. The largest absolute Gasteiger partial charge is 0.353 e. The maximum atomic E-state index is 4.50. The van der Waals surface area contributed by atoms with Crippen LogP contribution in [-0.4, -0.2) is 48.0 Å². The molecule has 1 saturated heterocycles. The van der Waals surface area contributed by atoms with Crippen LogP contribution in [0.15, 0.2) is 4.99 Å². The van der Waals surface area contributed by atoms with Crippen LogP contribution >= 0.6 is 11.8 Å². The van der Waals surface area contributed by atoms with E-state index in [4.69, 9.17) is 0 Å². The van der Waals surface area contributed by atoms with Crippen LogP contribution in [0, 0.1) is 11.8 Å². The Hall–Kier alpha value is -0.380. The number of hydrogen-bond donors (Lipinski definition) is 1. The highest BCUT2D eigenvalue weighted by Crippen LogP contribution is 2.35. The average molecular weight is 283 g/mol. The van der Waals surface area contributed by atoms with E-state index < -0.39 is 0 Å². The first-order valence-electron chi connectivity index (χ1n) is 7.75.